The van der Waals surface area contributed by atoms with Gasteiger partial charge in [0.2, 0.25) is 0 Å². The summed E-state index contributed by atoms with van der Waals surface area (Å²) in [5, 5.41) is 10.2. The first kappa shape index (κ1) is 17.1. The molecule has 0 spiro atoms. The highest BCUT2D eigenvalue weighted by atomic mass is 16.4. The van der Waals surface area contributed by atoms with E-state index in [9.17, 15) is 4.79 Å². The molecule has 0 bridgehead atoms. The van der Waals surface area contributed by atoms with Gasteiger partial charge in [0.1, 0.15) is 0 Å². The van der Waals surface area contributed by atoms with Gasteiger partial charge in [0.25, 0.3) is 0 Å². The molecule has 0 saturated heterocycles. The van der Waals surface area contributed by atoms with E-state index in [-0.39, 0.29) is 12.5 Å². The molecular weight excluding hydrogens is 334 g/mol. The van der Waals surface area contributed by atoms with Gasteiger partial charge in [-0.2, -0.15) is 0 Å². The number of rotatable bonds is 5. The molecule has 0 saturated carbocycles. The maximum atomic E-state index is 11.0. The minimum absolute atomic E-state index is 0.0268. The van der Waals surface area contributed by atoms with Crippen LogP contribution >= 0.6 is 0 Å². The van der Waals surface area contributed by atoms with Gasteiger partial charge in [0.15, 0.2) is 0 Å². The Morgan fingerprint density at radius 3 is 2.59 bits per heavy atom. The van der Waals surface area contributed by atoms with Crippen LogP contribution in [0.1, 0.15) is 18.9 Å². The van der Waals surface area contributed by atoms with Crippen LogP contribution < -0.4 is 0 Å². The average molecular weight is 355 g/mol. The third-order valence-corrected chi connectivity index (χ3v) is 4.86. The smallest absolute Gasteiger partial charge is 0.303 e. The molecule has 1 aliphatic carbocycles. The molecule has 1 atom stereocenters. The first-order valence-corrected chi connectivity index (χ1v) is 9.15. The topological polar surface area (TPSA) is 42.2 Å². The molecule has 0 aliphatic heterocycles. The lowest BCUT2D eigenvalue weighted by molar-refractivity contribution is -0.136. The summed E-state index contributed by atoms with van der Waals surface area (Å²) in [5.74, 6) is -0.769. The van der Waals surface area contributed by atoms with Crippen LogP contribution in [-0.2, 0) is 4.79 Å². The molecule has 27 heavy (non-hydrogen) atoms. The zero-order valence-electron chi connectivity index (χ0n) is 15.0. The highest BCUT2D eigenvalue weighted by molar-refractivity contribution is 5.87. The predicted molar refractivity (Wildman–Crippen MR) is 110 cm³/mol. The number of aliphatic carboxylic acids is 1. The number of benzene rings is 2. The van der Waals surface area contributed by atoms with Crippen molar-refractivity contribution in [3.63, 3.8) is 0 Å². The van der Waals surface area contributed by atoms with Gasteiger partial charge in [0, 0.05) is 23.0 Å². The van der Waals surface area contributed by atoms with Crippen LogP contribution in [-0.4, -0.2) is 15.6 Å². The highest BCUT2D eigenvalue weighted by Crippen LogP contribution is 2.33. The second-order valence-electron chi connectivity index (χ2n) is 6.69. The molecule has 1 aliphatic rings. The van der Waals surface area contributed by atoms with E-state index in [4.69, 9.17) is 5.11 Å². The van der Waals surface area contributed by atoms with Gasteiger partial charge in [0.05, 0.1) is 6.04 Å². The van der Waals surface area contributed by atoms with Gasteiger partial charge >= 0.3 is 5.97 Å². The zero-order valence-corrected chi connectivity index (χ0v) is 15.0. The normalized spacial score (nSPS) is 16.3. The fourth-order valence-corrected chi connectivity index (χ4v) is 3.59. The molecule has 134 valence electrons. The van der Waals surface area contributed by atoms with E-state index < -0.39 is 5.97 Å². The Kier molecular flexibility index (Phi) is 4.75. The largest absolute Gasteiger partial charge is 0.481 e. The van der Waals surface area contributed by atoms with Crippen molar-refractivity contribution < 1.29 is 9.90 Å². The molecule has 0 amide bonds. The number of fused-ring (bicyclic) bond motifs is 1. The second kappa shape index (κ2) is 7.50. The van der Waals surface area contributed by atoms with Crippen LogP contribution in [0.2, 0.25) is 0 Å². The monoisotopic (exact) mass is 355 g/mol. The summed E-state index contributed by atoms with van der Waals surface area (Å²) < 4.78 is 2.33. The third kappa shape index (κ3) is 3.63. The average Bonchev–Trinajstić information content (AvgIpc) is 2.92. The minimum atomic E-state index is -0.769. The first-order valence-electron chi connectivity index (χ1n) is 9.15. The van der Waals surface area contributed by atoms with Crippen molar-refractivity contribution in [2.75, 3.05) is 0 Å². The number of carboxylic acids is 1. The molecule has 3 nitrogen and oxygen atoms in total. The van der Waals surface area contributed by atoms with Crippen molar-refractivity contribution in [2.45, 2.75) is 18.9 Å². The molecule has 1 N–H and O–H groups in total. The van der Waals surface area contributed by atoms with Crippen molar-refractivity contribution in [1.29, 1.82) is 0 Å². The Labute approximate surface area is 158 Å². The van der Waals surface area contributed by atoms with E-state index in [1.807, 2.05) is 24.3 Å². The fraction of sp³-hybridized carbons (Fsp3) is 0.125. The van der Waals surface area contributed by atoms with Crippen molar-refractivity contribution in [3.05, 3.63) is 96.6 Å². The quantitative estimate of drug-likeness (QED) is 0.631. The van der Waals surface area contributed by atoms with Gasteiger partial charge in [-0.15, -0.1) is 0 Å². The number of hydrogen-bond acceptors (Lipinski definition) is 1. The summed E-state index contributed by atoms with van der Waals surface area (Å²) in [6.45, 7) is 0. The maximum Gasteiger partial charge on any atom is 0.303 e. The zero-order chi connectivity index (χ0) is 18.6. The van der Waals surface area contributed by atoms with Crippen LogP contribution in [0.15, 0.2) is 96.6 Å². The number of hydrogen-bond donors (Lipinski definition) is 1. The number of carboxylic acid groups (broad SMARTS) is 1. The van der Waals surface area contributed by atoms with Gasteiger partial charge in [-0.3, -0.25) is 4.79 Å². The molecule has 2 aromatic carbocycles. The van der Waals surface area contributed by atoms with Gasteiger partial charge in [-0.05, 0) is 29.7 Å². The van der Waals surface area contributed by atoms with Crippen molar-refractivity contribution in [2.24, 2.45) is 0 Å². The number of para-hydroxylation sites is 1. The summed E-state index contributed by atoms with van der Waals surface area (Å²) in [7, 11) is 0. The lowest BCUT2D eigenvalue weighted by atomic mass is 10.1. The molecular formula is C24H21NO2. The van der Waals surface area contributed by atoms with Crippen LogP contribution in [0, 0.1) is 0 Å². The Morgan fingerprint density at radius 2 is 1.78 bits per heavy atom. The van der Waals surface area contributed by atoms with Gasteiger partial charge in [-0.25, -0.2) is 0 Å². The number of carbonyl (C=O) groups is 1. The SMILES string of the molecule is O=C(O)CCC1=CC(n2c(-c3ccccc3)cc3ccccc32)C=CC=C1. The summed E-state index contributed by atoms with van der Waals surface area (Å²) >= 11 is 0. The Morgan fingerprint density at radius 1 is 1.00 bits per heavy atom. The van der Waals surface area contributed by atoms with Gasteiger partial charge < -0.3 is 9.67 Å². The van der Waals surface area contributed by atoms with Gasteiger partial charge in [-0.1, -0.05) is 78.9 Å². The Hall–Kier alpha value is -3.33. The number of allylic oxidation sites excluding steroid dienone is 6. The van der Waals surface area contributed by atoms with Crippen molar-refractivity contribution in [1.82, 2.24) is 4.57 Å². The molecule has 1 unspecified atom stereocenters. The predicted octanol–water partition coefficient (Wildman–Crippen LogP) is 5.77. The molecule has 3 aromatic rings. The number of aromatic nitrogens is 1. The molecule has 1 aromatic heterocycles. The molecule has 1 heterocycles. The van der Waals surface area contributed by atoms with Crippen LogP contribution in [0.25, 0.3) is 22.2 Å². The lowest BCUT2D eigenvalue weighted by Crippen LogP contribution is -2.06. The standard InChI is InChI=1S/C24H21NO2/c26-24(27)15-14-18-8-4-6-12-21(16-18)25-22-13-7-5-11-20(22)17-23(25)19-9-2-1-3-10-19/h1-13,16-17,21H,14-15H2,(H,26,27). The Balaban J connectivity index is 1.84. The summed E-state index contributed by atoms with van der Waals surface area (Å²) in [5.41, 5.74) is 4.54. The Bertz CT molecular complexity index is 1050. The van der Waals surface area contributed by atoms with E-state index in [2.05, 4.69) is 71.3 Å². The van der Waals surface area contributed by atoms with Crippen LogP contribution in [0.5, 0.6) is 0 Å². The summed E-state index contributed by atoms with van der Waals surface area (Å²) in [4.78, 5) is 11.0. The van der Waals surface area contributed by atoms with E-state index in [0.29, 0.717) is 6.42 Å². The molecule has 3 heteroatoms. The molecule has 0 fully saturated rings. The summed E-state index contributed by atoms with van der Waals surface area (Å²) in [6.07, 6.45) is 11.0. The van der Waals surface area contributed by atoms with E-state index >= 15 is 0 Å². The lowest BCUT2D eigenvalue weighted by Gasteiger charge is -2.18. The van der Waals surface area contributed by atoms with E-state index in [0.717, 1.165) is 11.3 Å². The first-order chi connectivity index (χ1) is 13.2. The minimum Gasteiger partial charge on any atom is -0.481 e. The highest BCUT2D eigenvalue weighted by Gasteiger charge is 2.16. The fourth-order valence-electron chi connectivity index (χ4n) is 3.59. The second-order valence-corrected chi connectivity index (χ2v) is 6.69. The van der Waals surface area contributed by atoms with Crippen molar-refractivity contribution in [3.8, 4) is 11.3 Å². The van der Waals surface area contributed by atoms with Crippen molar-refractivity contribution >= 4 is 16.9 Å². The summed E-state index contributed by atoms with van der Waals surface area (Å²) in [6, 6.07) is 21.0. The number of nitrogens with zero attached hydrogens (tertiary/aromatic N) is 1. The third-order valence-electron chi connectivity index (χ3n) is 4.86. The molecule has 0 radical (unpaired) electrons. The van der Waals surface area contributed by atoms with Crippen LogP contribution in [0.4, 0.5) is 0 Å². The van der Waals surface area contributed by atoms with E-state index in [1.54, 1.807) is 0 Å². The van der Waals surface area contributed by atoms with E-state index in [1.165, 1.54) is 16.5 Å². The molecule has 4 rings (SSSR count). The maximum absolute atomic E-state index is 11.0. The van der Waals surface area contributed by atoms with Crippen LogP contribution in [0.3, 0.4) is 0 Å².